The molecule has 2 heterocycles. The van der Waals surface area contributed by atoms with Gasteiger partial charge in [0.05, 0.1) is 29.4 Å². The minimum absolute atomic E-state index is 0.120. The van der Waals surface area contributed by atoms with Gasteiger partial charge in [0, 0.05) is 13.1 Å². The quantitative estimate of drug-likeness (QED) is 0.326. The number of rotatable bonds is 6. The van der Waals surface area contributed by atoms with Gasteiger partial charge in [0.1, 0.15) is 11.8 Å². The van der Waals surface area contributed by atoms with Gasteiger partial charge in [-0.3, -0.25) is 4.79 Å². The number of nitrogens with zero attached hydrogens (tertiary/aromatic N) is 2. The molecule has 5 rings (SSSR count). The summed E-state index contributed by atoms with van der Waals surface area (Å²) in [5.74, 6) is -2.33. The van der Waals surface area contributed by atoms with E-state index in [1.54, 1.807) is 42.6 Å². The van der Waals surface area contributed by atoms with E-state index in [1.807, 2.05) is 30.3 Å². The summed E-state index contributed by atoms with van der Waals surface area (Å²) in [6.07, 6.45) is -3.03. The summed E-state index contributed by atoms with van der Waals surface area (Å²) in [6, 6.07) is 15.4. The fourth-order valence-corrected chi connectivity index (χ4v) is 5.32. The van der Waals surface area contributed by atoms with Crippen molar-refractivity contribution in [3.63, 3.8) is 0 Å². The van der Waals surface area contributed by atoms with Gasteiger partial charge in [-0.1, -0.05) is 18.2 Å². The van der Waals surface area contributed by atoms with Crippen LogP contribution in [-0.4, -0.2) is 66.1 Å². The molecule has 1 atom stereocenters. The zero-order chi connectivity index (χ0) is 28.4. The van der Waals surface area contributed by atoms with Crippen LogP contribution < -0.4 is 9.46 Å². The highest BCUT2D eigenvalue weighted by molar-refractivity contribution is 7.89. The highest BCUT2D eigenvalue weighted by atomic mass is 32.2. The molecule has 0 saturated carbocycles. The molecule has 206 valence electrons. The van der Waals surface area contributed by atoms with E-state index < -0.39 is 28.2 Å². The predicted octanol–water partition coefficient (Wildman–Crippen LogP) is 3.44. The van der Waals surface area contributed by atoms with Crippen molar-refractivity contribution in [1.29, 1.82) is 0 Å². The number of aromatic nitrogens is 2. The number of hydrogen-bond donors (Lipinski definition) is 3. The molecule has 10 nitrogen and oxygen atoms in total. The lowest BCUT2D eigenvalue weighted by Crippen LogP contribution is -2.41. The molecule has 1 aliphatic rings. The van der Waals surface area contributed by atoms with Crippen molar-refractivity contribution < 1.29 is 41.0 Å². The van der Waals surface area contributed by atoms with Crippen molar-refractivity contribution in [1.82, 2.24) is 19.6 Å². The van der Waals surface area contributed by atoms with Crippen molar-refractivity contribution >= 4 is 43.7 Å². The summed E-state index contributed by atoms with van der Waals surface area (Å²) in [4.78, 5) is 30.8. The molecule has 1 amide bonds. The van der Waals surface area contributed by atoms with Gasteiger partial charge in [0.2, 0.25) is 15.9 Å². The minimum atomic E-state index is -5.08. The number of alkyl halides is 3. The number of benzene rings is 3. The molecule has 3 N–H and O–H groups in total. The minimum Gasteiger partial charge on any atom is -0.497 e. The monoisotopic (exact) mass is 564 g/mol. The highest BCUT2D eigenvalue weighted by Gasteiger charge is 2.38. The first-order valence-corrected chi connectivity index (χ1v) is 13.0. The van der Waals surface area contributed by atoms with E-state index in [2.05, 4.69) is 14.7 Å². The van der Waals surface area contributed by atoms with E-state index in [9.17, 15) is 26.4 Å². The molecule has 0 spiro atoms. The number of methoxy groups -OCH3 is 1. The number of imidazole rings is 1. The van der Waals surface area contributed by atoms with Crippen LogP contribution >= 0.6 is 0 Å². The van der Waals surface area contributed by atoms with Gasteiger partial charge in [0.25, 0.3) is 0 Å². The van der Waals surface area contributed by atoms with Crippen molar-refractivity contribution in [3.8, 4) is 5.75 Å². The molecule has 4 aromatic rings. The van der Waals surface area contributed by atoms with E-state index in [0.29, 0.717) is 25.3 Å². The molecule has 1 fully saturated rings. The van der Waals surface area contributed by atoms with Crippen LogP contribution in [0.3, 0.4) is 0 Å². The highest BCUT2D eigenvalue weighted by Crippen LogP contribution is 2.25. The number of amides is 1. The SMILES string of the molecule is COc1ccc2ccc(S(=O)(=O)N[C@H]3CCN(Cc4ccc5nc[nH]c5c4)C3=O)cc2c1.O=C(O)C(F)(F)F. The predicted molar refractivity (Wildman–Crippen MR) is 134 cm³/mol. The smallest absolute Gasteiger partial charge is 0.490 e. The molecule has 0 radical (unpaired) electrons. The number of fused-ring (bicyclic) bond motifs is 2. The topological polar surface area (TPSA) is 142 Å². The van der Waals surface area contributed by atoms with E-state index in [0.717, 1.165) is 27.4 Å². The summed E-state index contributed by atoms with van der Waals surface area (Å²) in [5, 5.41) is 8.78. The first-order chi connectivity index (χ1) is 18.4. The summed E-state index contributed by atoms with van der Waals surface area (Å²) in [7, 11) is -2.29. The number of ether oxygens (including phenoxy) is 1. The number of aliphatic carboxylic acids is 1. The first kappa shape index (κ1) is 27.9. The van der Waals surface area contributed by atoms with Gasteiger partial charge < -0.3 is 19.7 Å². The van der Waals surface area contributed by atoms with Crippen molar-refractivity contribution in [2.45, 2.75) is 30.1 Å². The molecule has 14 heteroatoms. The standard InChI is InChI=1S/C23H22N4O4S.C2HF3O2/c1-31-18-5-3-16-4-6-19(12-17(16)11-18)32(29,30)26-21-8-9-27(23(21)28)13-15-2-7-20-22(10-15)25-14-24-20;3-2(4,5)1(6)7/h2-7,10-12,14,21,26H,8-9,13H2,1H3,(H,24,25);(H,6,7)/t21-;/m0./s1. The second-order valence-electron chi connectivity index (χ2n) is 8.65. The number of halogens is 3. The Labute approximate surface area is 220 Å². The molecular formula is C25H23F3N4O6S. The normalized spacial score (nSPS) is 15.8. The average Bonchev–Trinajstić information content (AvgIpc) is 3.49. The molecular weight excluding hydrogens is 541 g/mol. The lowest BCUT2D eigenvalue weighted by atomic mass is 10.1. The van der Waals surface area contributed by atoms with Gasteiger partial charge in [-0.15, -0.1) is 0 Å². The van der Waals surface area contributed by atoms with Gasteiger partial charge in [-0.25, -0.2) is 18.2 Å². The molecule has 1 aromatic heterocycles. The number of nitrogens with one attached hydrogen (secondary N) is 2. The Kier molecular flexibility index (Phi) is 7.79. The molecule has 0 bridgehead atoms. The van der Waals surface area contributed by atoms with E-state index in [-0.39, 0.29) is 10.8 Å². The second kappa shape index (κ2) is 10.9. The summed E-state index contributed by atoms with van der Waals surface area (Å²) < 4.78 is 65.5. The number of aromatic amines is 1. The van der Waals surface area contributed by atoms with Gasteiger partial charge in [-0.05, 0) is 59.2 Å². The van der Waals surface area contributed by atoms with Crippen molar-refractivity contribution in [2.24, 2.45) is 0 Å². The Morgan fingerprint density at radius 2 is 1.87 bits per heavy atom. The van der Waals surface area contributed by atoms with Crippen LogP contribution in [0.5, 0.6) is 5.75 Å². The average molecular weight is 565 g/mol. The number of carboxylic acids is 1. The summed E-state index contributed by atoms with van der Waals surface area (Å²) in [5.41, 5.74) is 2.72. The second-order valence-corrected chi connectivity index (χ2v) is 10.4. The molecule has 39 heavy (non-hydrogen) atoms. The van der Waals surface area contributed by atoms with E-state index in [1.165, 1.54) is 0 Å². The molecule has 1 aliphatic heterocycles. The Morgan fingerprint density at radius 3 is 2.56 bits per heavy atom. The van der Waals surface area contributed by atoms with E-state index >= 15 is 0 Å². The maximum Gasteiger partial charge on any atom is 0.490 e. The zero-order valence-corrected chi connectivity index (χ0v) is 21.2. The Morgan fingerprint density at radius 1 is 1.15 bits per heavy atom. The van der Waals surface area contributed by atoms with Crippen molar-refractivity contribution in [2.75, 3.05) is 13.7 Å². The molecule has 1 saturated heterocycles. The number of carbonyl (C=O) groups excluding carboxylic acids is 1. The number of sulfonamides is 1. The third kappa shape index (κ3) is 6.46. The third-order valence-corrected chi connectivity index (χ3v) is 7.49. The Balaban J connectivity index is 0.000000448. The lowest BCUT2D eigenvalue weighted by Gasteiger charge is -2.17. The van der Waals surface area contributed by atoms with Crippen LogP contribution in [0.25, 0.3) is 21.8 Å². The van der Waals surface area contributed by atoms with E-state index in [4.69, 9.17) is 14.6 Å². The van der Waals surface area contributed by atoms with Crippen LogP contribution in [0, 0.1) is 0 Å². The largest absolute Gasteiger partial charge is 0.497 e. The summed E-state index contributed by atoms with van der Waals surface area (Å²) in [6.45, 7) is 0.906. The van der Waals surface area contributed by atoms with Gasteiger partial charge in [0.15, 0.2) is 0 Å². The number of likely N-dealkylation sites (tertiary alicyclic amines) is 1. The molecule has 3 aromatic carbocycles. The van der Waals surface area contributed by atoms with Crippen LogP contribution in [0.2, 0.25) is 0 Å². The fourth-order valence-electron chi connectivity index (χ4n) is 4.06. The summed E-state index contributed by atoms with van der Waals surface area (Å²) >= 11 is 0. The van der Waals surface area contributed by atoms with Gasteiger partial charge in [-0.2, -0.15) is 17.9 Å². The Bertz CT molecular complexity index is 1640. The van der Waals surface area contributed by atoms with Crippen LogP contribution in [-0.2, 0) is 26.2 Å². The van der Waals surface area contributed by atoms with Crippen LogP contribution in [0.1, 0.15) is 12.0 Å². The number of hydrogen-bond acceptors (Lipinski definition) is 6. The molecule has 0 aliphatic carbocycles. The maximum atomic E-state index is 13.0. The fraction of sp³-hybridized carbons (Fsp3) is 0.240. The number of carbonyl (C=O) groups is 2. The molecule has 0 unspecified atom stereocenters. The number of carboxylic acid groups (broad SMARTS) is 1. The van der Waals surface area contributed by atoms with Crippen molar-refractivity contribution in [3.05, 3.63) is 66.5 Å². The van der Waals surface area contributed by atoms with Gasteiger partial charge >= 0.3 is 12.1 Å². The Hall–Kier alpha value is -4.17. The maximum absolute atomic E-state index is 13.0. The third-order valence-electron chi connectivity index (χ3n) is 6.02. The first-order valence-electron chi connectivity index (χ1n) is 11.5. The number of H-pyrrole nitrogens is 1. The lowest BCUT2D eigenvalue weighted by molar-refractivity contribution is -0.192. The van der Waals surface area contributed by atoms with Crippen LogP contribution in [0.15, 0.2) is 65.8 Å². The zero-order valence-electron chi connectivity index (χ0n) is 20.4. The van der Waals surface area contributed by atoms with Crippen LogP contribution in [0.4, 0.5) is 13.2 Å².